The summed E-state index contributed by atoms with van der Waals surface area (Å²) in [6, 6.07) is 6.97. The van der Waals surface area contributed by atoms with E-state index in [1.165, 1.54) is 0 Å². The standard InChI is InChI=1S/C15H18ClN3O2/c16-14-9-12(4-3-11(14)10-17)18-15(21)19(13-5-6-13)7-1-2-8-20/h3-4,9,13,20H,1-2,5-8H2,(H,18,21). The number of urea groups is 1. The molecular weight excluding hydrogens is 290 g/mol. The van der Waals surface area contributed by atoms with E-state index in [9.17, 15) is 4.79 Å². The number of rotatable bonds is 6. The van der Waals surface area contributed by atoms with Crippen molar-refractivity contribution in [1.82, 2.24) is 4.90 Å². The fourth-order valence-electron chi connectivity index (χ4n) is 2.11. The second-order valence-corrected chi connectivity index (χ2v) is 5.50. The smallest absolute Gasteiger partial charge is 0.322 e. The highest BCUT2D eigenvalue weighted by atomic mass is 35.5. The van der Waals surface area contributed by atoms with Gasteiger partial charge in [0.25, 0.3) is 0 Å². The predicted octanol–water partition coefficient (Wildman–Crippen LogP) is 2.98. The first-order valence-electron chi connectivity index (χ1n) is 7.04. The van der Waals surface area contributed by atoms with Crippen LogP contribution in [0.15, 0.2) is 18.2 Å². The van der Waals surface area contributed by atoms with Crippen LogP contribution in [0.3, 0.4) is 0 Å². The van der Waals surface area contributed by atoms with Gasteiger partial charge in [0, 0.05) is 24.9 Å². The molecule has 0 aliphatic heterocycles. The summed E-state index contributed by atoms with van der Waals surface area (Å²) in [7, 11) is 0. The van der Waals surface area contributed by atoms with Crippen LogP contribution in [0.1, 0.15) is 31.2 Å². The lowest BCUT2D eigenvalue weighted by Crippen LogP contribution is -2.37. The van der Waals surface area contributed by atoms with Crippen molar-refractivity contribution in [3.05, 3.63) is 28.8 Å². The molecule has 2 rings (SSSR count). The molecule has 0 saturated heterocycles. The average Bonchev–Trinajstić information content (AvgIpc) is 3.28. The third kappa shape index (κ3) is 4.35. The second-order valence-electron chi connectivity index (χ2n) is 5.09. The number of aliphatic hydroxyl groups is 1. The van der Waals surface area contributed by atoms with Gasteiger partial charge in [0.05, 0.1) is 10.6 Å². The highest BCUT2D eigenvalue weighted by molar-refractivity contribution is 6.32. The molecule has 0 unspecified atom stereocenters. The summed E-state index contributed by atoms with van der Waals surface area (Å²) < 4.78 is 0. The van der Waals surface area contributed by atoms with Crippen molar-refractivity contribution in [1.29, 1.82) is 5.26 Å². The maximum atomic E-state index is 12.3. The number of aliphatic hydroxyl groups excluding tert-OH is 1. The van der Waals surface area contributed by atoms with E-state index in [-0.39, 0.29) is 12.6 Å². The molecule has 1 aromatic carbocycles. The number of amides is 2. The van der Waals surface area contributed by atoms with E-state index in [4.69, 9.17) is 22.0 Å². The number of carbonyl (C=O) groups excluding carboxylic acids is 1. The van der Waals surface area contributed by atoms with Crippen molar-refractivity contribution in [3.63, 3.8) is 0 Å². The Balaban J connectivity index is 1.98. The first-order valence-corrected chi connectivity index (χ1v) is 7.41. The monoisotopic (exact) mass is 307 g/mol. The number of nitrogens with one attached hydrogen (secondary N) is 1. The Kier molecular flexibility index (Phi) is 5.43. The van der Waals surface area contributed by atoms with E-state index in [0.29, 0.717) is 35.3 Å². The summed E-state index contributed by atoms with van der Waals surface area (Å²) in [6.45, 7) is 0.784. The van der Waals surface area contributed by atoms with Crippen LogP contribution >= 0.6 is 11.6 Å². The number of hydrogen-bond donors (Lipinski definition) is 2. The van der Waals surface area contributed by atoms with Crippen molar-refractivity contribution >= 4 is 23.3 Å². The van der Waals surface area contributed by atoms with Crippen LogP contribution in [0.4, 0.5) is 10.5 Å². The van der Waals surface area contributed by atoms with Crippen LogP contribution < -0.4 is 5.32 Å². The molecule has 112 valence electrons. The minimum atomic E-state index is -0.156. The topological polar surface area (TPSA) is 76.4 Å². The normalized spacial score (nSPS) is 13.6. The lowest BCUT2D eigenvalue weighted by atomic mass is 10.2. The van der Waals surface area contributed by atoms with Gasteiger partial charge in [0.2, 0.25) is 0 Å². The highest BCUT2D eigenvalue weighted by Crippen LogP contribution is 2.28. The molecule has 0 atom stereocenters. The molecule has 0 aromatic heterocycles. The van der Waals surface area contributed by atoms with E-state index >= 15 is 0 Å². The number of unbranched alkanes of at least 4 members (excludes halogenated alkanes) is 1. The Morgan fingerprint density at radius 3 is 2.81 bits per heavy atom. The summed E-state index contributed by atoms with van der Waals surface area (Å²) in [4.78, 5) is 14.1. The van der Waals surface area contributed by atoms with Gasteiger partial charge in [-0.05, 0) is 43.9 Å². The minimum Gasteiger partial charge on any atom is -0.396 e. The summed E-state index contributed by atoms with van der Waals surface area (Å²) in [6.07, 6.45) is 3.54. The van der Waals surface area contributed by atoms with E-state index in [2.05, 4.69) is 5.32 Å². The van der Waals surface area contributed by atoms with E-state index in [1.807, 2.05) is 11.0 Å². The van der Waals surface area contributed by atoms with Gasteiger partial charge in [-0.2, -0.15) is 5.26 Å². The average molecular weight is 308 g/mol. The van der Waals surface area contributed by atoms with Gasteiger partial charge in [0.1, 0.15) is 6.07 Å². The quantitative estimate of drug-likeness (QED) is 0.793. The Bertz CT molecular complexity index is 552. The van der Waals surface area contributed by atoms with Gasteiger partial charge in [-0.25, -0.2) is 4.79 Å². The third-order valence-electron chi connectivity index (χ3n) is 3.40. The largest absolute Gasteiger partial charge is 0.396 e. The summed E-state index contributed by atoms with van der Waals surface area (Å²) in [5.41, 5.74) is 0.966. The number of carbonyl (C=O) groups is 1. The van der Waals surface area contributed by atoms with Crippen molar-refractivity contribution in [2.75, 3.05) is 18.5 Å². The predicted molar refractivity (Wildman–Crippen MR) is 81.2 cm³/mol. The number of halogens is 1. The number of benzene rings is 1. The molecule has 2 N–H and O–H groups in total. The zero-order valence-corrected chi connectivity index (χ0v) is 12.4. The van der Waals surface area contributed by atoms with Crippen molar-refractivity contribution in [2.24, 2.45) is 0 Å². The minimum absolute atomic E-state index is 0.144. The molecule has 5 nitrogen and oxygen atoms in total. The van der Waals surface area contributed by atoms with Gasteiger partial charge in [-0.1, -0.05) is 11.6 Å². The van der Waals surface area contributed by atoms with Gasteiger partial charge in [-0.3, -0.25) is 0 Å². The molecule has 1 fully saturated rings. The molecule has 1 saturated carbocycles. The van der Waals surface area contributed by atoms with E-state index < -0.39 is 0 Å². The Labute approximate surface area is 129 Å². The fourth-order valence-corrected chi connectivity index (χ4v) is 2.33. The first kappa shape index (κ1) is 15.6. The highest BCUT2D eigenvalue weighted by Gasteiger charge is 2.32. The molecule has 1 aromatic rings. The lowest BCUT2D eigenvalue weighted by molar-refractivity contribution is 0.204. The van der Waals surface area contributed by atoms with Crippen molar-refractivity contribution < 1.29 is 9.90 Å². The van der Waals surface area contributed by atoms with Gasteiger partial charge in [-0.15, -0.1) is 0 Å². The van der Waals surface area contributed by atoms with Crippen LogP contribution in [-0.4, -0.2) is 35.2 Å². The molecule has 0 spiro atoms. The van der Waals surface area contributed by atoms with E-state index in [0.717, 1.165) is 19.3 Å². The molecule has 6 heteroatoms. The zero-order chi connectivity index (χ0) is 15.2. The molecule has 2 amide bonds. The molecule has 1 aliphatic carbocycles. The van der Waals surface area contributed by atoms with Crippen LogP contribution in [0.2, 0.25) is 5.02 Å². The molecule has 0 radical (unpaired) electrons. The first-order chi connectivity index (χ1) is 10.2. The van der Waals surface area contributed by atoms with Crippen molar-refractivity contribution in [2.45, 2.75) is 31.7 Å². The van der Waals surface area contributed by atoms with Gasteiger partial charge in [0.15, 0.2) is 0 Å². The zero-order valence-electron chi connectivity index (χ0n) is 11.7. The number of hydrogen-bond acceptors (Lipinski definition) is 3. The van der Waals surface area contributed by atoms with Crippen molar-refractivity contribution in [3.8, 4) is 6.07 Å². The maximum absolute atomic E-state index is 12.3. The lowest BCUT2D eigenvalue weighted by Gasteiger charge is -2.22. The molecule has 0 bridgehead atoms. The Morgan fingerprint density at radius 1 is 1.48 bits per heavy atom. The SMILES string of the molecule is N#Cc1ccc(NC(=O)N(CCCCO)C2CC2)cc1Cl. The number of nitrogens with zero attached hydrogens (tertiary/aromatic N) is 2. The van der Waals surface area contributed by atoms with E-state index in [1.54, 1.807) is 18.2 Å². The van der Waals surface area contributed by atoms with Gasteiger partial charge >= 0.3 is 6.03 Å². The molecule has 1 aliphatic rings. The third-order valence-corrected chi connectivity index (χ3v) is 3.71. The Hall–Kier alpha value is -1.77. The van der Waals surface area contributed by atoms with Crippen LogP contribution in [-0.2, 0) is 0 Å². The number of nitriles is 1. The van der Waals surface area contributed by atoms with Gasteiger partial charge < -0.3 is 15.3 Å². The second kappa shape index (κ2) is 7.30. The fraction of sp³-hybridized carbons (Fsp3) is 0.467. The molecule has 0 heterocycles. The van der Waals surface area contributed by atoms with Crippen LogP contribution in [0, 0.1) is 11.3 Å². The number of anilines is 1. The Morgan fingerprint density at radius 2 is 2.24 bits per heavy atom. The maximum Gasteiger partial charge on any atom is 0.322 e. The van der Waals surface area contributed by atoms with Crippen LogP contribution in [0.25, 0.3) is 0 Å². The summed E-state index contributed by atoms with van der Waals surface area (Å²) in [5.74, 6) is 0. The summed E-state index contributed by atoms with van der Waals surface area (Å²) >= 11 is 5.95. The van der Waals surface area contributed by atoms with Crippen LogP contribution in [0.5, 0.6) is 0 Å². The molecule has 21 heavy (non-hydrogen) atoms. The molecular formula is C15H18ClN3O2. The summed E-state index contributed by atoms with van der Waals surface area (Å²) in [5, 5.41) is 20.8.